The van der Waals surface area contributed by atoms with Crippen LogP contribution in [0.2, 0.25) is 5.02 Å². The maximum Gasteiger partial charge on any atom is 0.328 e. The zero-order valence-electron chi connectivity index (χ0n) is 12.4. The summed E-state index contributed by atoms with van der Waals surface area (Å²) in [5, 5.41) is 3.29. The fourth-order valence-electron chi connectivity index (χ4n) is 1.68. The lowest BCUT2D eigenvalue weighted by Gasteiger charge is -2.19. The van der Waals surface area contributed by atoms with Gasteiger partial charge in [-0.2, -0.15) is 0 Å². The number of benzene rings is 1. The van der Waals surface area contributed by atoms with E-state index in [0.717, 1.165) is 5.56 Å². The molecule has 1 rings (SSSR count). The van der Waals surface area contributed by atoms with E-state index in [4.69, 9.17) is 16.3 Å². The summed E-state index contributed by atoms with van der Waals surface area (Å²) in [4.78, 5) is 23.6. The van der Waals surface area contributed by atoms with Crippen LogP contribution in [-0.4, -0.2) is 24.5 Å². The predicted molar refractivity (Wildman–Crippen MR) is 83.9 cm³/mol. The summed E-state index contributed by atoms with van der Waals surface area (Å²) in [5.41, 5.74) is 0.854. The number of esters is 1. The number of nitrogens with one attached hydrogen (secondary N) is 1. The van der Waals surface area contributed by atoms with Crippen LogP contribution < -0.4 is 5.32 Å². The number of rotatable bonds is 6. The minimum absolute atomic E-state index is 0.0445. The number of carbonyl (C=O) groups is 2. The van der Waals surface area contributed by atoms with Gasteiger partial charge in [0.25, 0.3) is 0 Å². The van der Waals surface area contributed by atoms with Gasteiger partial charge in [0.2, 0.25) is 5.91 Å². The molecule has 1 N–H and O–H groups in total. The molecule has 4 nitrogen and oxygen atoms in total. The summed E-state index contributed by atoms with van der Waals surface area (Å²) in [6.45, 7) is 5.73. The van der Waals surface area contributed by atoms with Gasteiger partial charge in [0.15, 0.2) is 0 Å². The van der Waals surface area contributed by atoms with Crippen molar-refractivity contribution in [2.75, 3.05) is 6.61 Å². The minimum Gasteiger partial charge on any atom is -0.464 e. The molecule has 0 unspecified atom stereocenters. The van der Waals surface area contributed by atoms with Crippen molar-refractivity contribution in [1.82, 2.24) is 5.32 Å². The van der Waals surface area contributed by atoms with E-state index >= 15 is 0 Å². The average Bonchev–Trinajstić information content (AvgIpc) is 2.44. The van der Waals surface area contributed by atoms with Gasteiger partial charge in [-0.05, 0) is 36.6 Å². The molecule has 0 bridgehead atoms. The molecule has 0 aromatic heterocycles. The lowest BCUT2D eigenvalue weighted by Crippen LogP contribution is -2.44. The molecule has 5 heteroatoms. The highest BCUT2D eigenvalue weighted by atomic mass is 35.5. The highest BCUT2D eigenvalue weighted by Crippen LogP contribution is 2.10. The number of carbonyl (C=O) groups excluding carboxylic acids is 2. The predicted octanol–water partition coefficient (Wildman–Crippen LogP) is 3.06. The topological polar surface area (TPSA) is 55.4 Å². The Hall–Kier alpha value is -1.81. The number of halogens is 1. The Morgan fingerprint density at radius 2 is 1.90 bits per heavy atom. The molecule has 0 aliphatic heterocycles. The van der Waals surface area contributed by atoms with Crippen LogP contribution in [0.5, 0.6) is 0 Å². The second kappa shape index (κ2) is 8.47. The Morgan fingerprint density at radius 3 is 2.43 bits per heavy atom. The monoisotopic (exact) mass is 309 g/mol. The van der Waals surface area contributed by atoms with E-state index in [1.54, 1.807) is 37.3 Å². The summed E-state index contributed by atoms with van der Waals surface area (Å²) in [6.07, 6.45) is 3.05. The first kappa shape index (κ1) is 17.2. The Bertz CT molecular complexity index is 509. The SMILES string of the molecule is CCOC(=O)[C@@H](NC(=O)/C=C/c1ccc(Cl)cc1)C(C)C. The molecular formula is C16H20ClNO3. The molecule has 1 amide bonds. The van der Waals surface area contributed by atoms with E-state index in [2.05, 4.69) is 5.32 Å². The largest absolute Gasteiger partial charge is 0.464 e. The summed E-state index contributed by atoms with van der Waals surface area (Å²) in [7, 11) is 0. The van der Waals surface area contributed by atoms with Gasteiger partial charge in [0.05, 0.1) is 6.61 Å². The quantitative estimate of drug-likeness (QED) is 0.649. The van der Waals surface area contributed by atoms with Crippen LogP contribution in [0.4, 0.5) is 0 Å². The number of hydrogen-bond donors (Lipinski definition) is 1. The Morgan fingerprint density at radius 1 is 1.29 bits per heavy atom. The maximum absolute atomic E-state index is 11.9. The molecule has 0 radical (unpaired) electrons. The van der Waals surface area contributed by atoms with Gasteiger partial charge >= 0.3 is 5.97 Å². The zero-order chi connectivity index (χ0) is 15.8. The molecule has 0 spiro atoms. The van der Waals surface area contributed by atoms with Crippen molar-refractivity contribution in [1.29, 1.82) is 0 Å². The Labute approximate surface area is 130 Å². The normalized spacial score (nSPS) is 12.4. The van der Waals surface area contributed by atoms with Crippen molar-refractivity contribution >= 4 is 29.6 Å². The smallest absolute Gasteiger partial charge is 0.328 e. The van der Waals surface area contributed by atoms with Crippen LogP contribution in [-0.2, 0) is 14.3 Å². The minimum atomic E-state index is -0.646. The second-order valence-electron chi connectivity index (χ2n) is 4.87. The van der Waals surface area contributed by atoms with E-state index in [0.29, 0.717) is 11.6 Å². The molecule has 21 heavy (non-hydrogen) atoms. The first-order valence-corrected chi connectivity index (χ1v) is 7.22. The third-order valence-electron chi connectivity index (χ3n) is 2.80. The van der Waals surface area contributed by atoms with E-state index in [1.807, 2.05) is 13.8 Å². The highest BCUT2D eigenvalue weighted by Gasteiger charge is 2.24. The Balaban J connectivity index is 2.65. The van der Waals surface area contributed by atoms with Crippen LogP contribution in [0.3, 0.4) is 0 Å². The molecule has 1 atom stereocenters. The fraction of sp³-hybridized carbons (Fsp3) is 0.375. The molecule has 1 aromatic carbocycles. The lowest BCUT2D eigenvalue weighted by atomic mass is 10.0. The van der Waals surface area contributed by atoms with Crippen LogP contribution >= 0.6 is 11.6 Å². The molecule has 0 heterocycles. The van der Waals surface area contributed by atoms with Crippen molar-refractivity contribution in [3.05, 3.63) is 40.9 Å². The van der Waals surface area contributed by atoms with Crippen molar-refractivity contribution in [3.8, 4) is 0 Å². The van der Waals surface area contributed by atoms with Crippen molar-refractivity contribution in [3.63, 3.8) is 0 Å². The van der Waals surface area contributed by atoms with Gasteiger partial charge < -0.3 is 10.1 Å². The summed E-state index contributed by atoms with van der Waals surface area (Å²) in [6, 6.07) is 6.45. The van der Waals surface area contributed by atoms with Gasteiger partial charge in [-0.25, -0.2) is 4.79 Å². The molecule has 114 valence electrons. The van der Waals surface area contributed by atoms with Crippen LogP contribution in [0, 0.1) is 5.92 Å². The van der Waals surface area contributed by atoms with Gasteiger partial charge in [0, 0.05) is 11.1 Å². The van der Waals surface area contributed by atoms with Crippen LogP contribution in [0.1, 0.15) is 26.3 Å². The molecule has 0 fully saturated rings. The maximum atomic E-state index is 11.9. The summed E-state index contributed by atoms with van der Waals surface area (Å²) < 4.78 is 4.95. The molecule has 1 aromatic rings. The van der Waals surface area contributed by atoms with Crippen molar-refractivity contribution in [2.45, 2.75) is 26.8 Å². The summed E-state index contributed by atoms with van der Waals surface area (Å²) in [5.74, 6) is -0.797. The zero-order valence-corrected chi connectivity index (χ0v) is 13.2. The lowest BCUT2D eigenvalue weighted by molar-refractivity contribution is -0.148. The van der Waals surface area contributed by atoms with E-state index in [1.165, 1.54) is 6.08 Å². The van der Waals surface area contributed by atoms with Crippen LogP contribution in [0.25, 0.3) is 6.08 Å². The van der Waals surface area contributed by atoms with Crippen LogP contribution in [0.15, 0.2) is 30.3 Å². The Kier molecular flexibility index (Phi) is 6.96. The van der Waals surface area contributed by atoms with Crippen molar-refractivity contribution < 1.29 is 14.3 Å². The second-order valence-corrected chi connectivity index (χ2v) is 5.30. The van der Waals surface area contributed by atoms with Gasteiger partial charge in [-0.3, -0.25) is 4.79 Å². The average molecular weight is 310 g/mol. The van der Waals surface area contributed by atoms with Gasteiger partial charge in [-0.1, -0.05) is 37.6 Å². The molecular weight excluding hydrogens is 290 g/mol. The van der Waals surface area contributed by atoms with Gasteiger partial charge in [0.1, 0.15) is 6.04 Å². The third-order valence-corrected chi connectivity index (χ3v) is 3.05. The first-order chi connectivity index (χ1) is 9.93. The van der Waals surface area contributed by atoms with Gasteiger partial charge in [-0.15, -0.1) is 0 Å². The molecule has 0 aliphatic carbocycles. The molecule has 0 aliphatic rings. The van der Waals surface area contributed by atoms with Crippen molar-refractivity contribution in [2.24, 2.45) is 5.92 Å². The number of ether oxygens (including phenoxy) is 1. The number of amides is 1. The van der Waals surface area contributed by atoms with E-state index in [9.17, 15) is 9.59 Å². The first-order valence-electron chi connectivity index (χ1n) is 6.84. The fourth-order valence-corrected chi connectivity index (χ4v) is 1.80. The molecule has 0 saturated heterocycles. The van der Waals surface area contributed by atoms with E-state index in [-0.39, 0.29) is 11.8 Å². The third kappa shape index (κ3) is 6.00. The summed E-state index contributed by atoms with van der Waals surface area (Å²) >= 11 is 5.79. The standard InChI is InChI=1S/C16H20ClNO3/c1-4-21-16(20)15(11(2)3)18-14(19)10-7-12-5-8-13(17)9-6-12/h5-11,15H,4H2,1-3H3,(H,18,19)/b10-7+/t15-/m0/s1. The number of hydrogen-bond acceptors (Lipinski definition) is 3. The highest BCUT2D eigenvalue weighted by molar-refractivity contribution is 6.30. The molecule has 0 saturated carbocycles. The van der Waals surface area contributed by atoms with E-state index < -0.39 is 12.0 Å².